The van der Waals surface area contributed by atoms with Crippen LogP contribution in [0.1, 0.15) is 10.4 Å². The van der Waals surface area contributed by atoms with Gasteiger partial charge in [0, 0.05) is 16.7 Å². The Morgan fingerprint density at radius 2 is 1.58 bits per heavy atom. The molecule has 2 aromatic rings. The average Bonchev–Trinajstić information content (AvgIpc) is 2.39. The van der Waals surface area contributed by atoms with Crippen molar-refractivity contribution in [1.82, 2.24) is 0 Å². The highest BCUT2D eigenvalue weighted by Crippen LogP contribution is 2.39. The van der Waals surface area contributed by atoms with E-state index in [1.54, 1.807) is 0 Å². The largest absolute Gasteiger partial charge is 0.298 e. The fraction of sp³-hybridized carbons (Fsp3) is 0. The van der Waals surface area contributed by atoms with Crippen LogP contribution in [0, 0.1) is 5.82 Å². The Morgan fingerprint density at radius 1 is 0.895 bits per heavy atom. The van der Waals surface area contributed by atoms with Crippen LogP contribution in [-0.4, -0.2) is 6.29 Å². The number of halogens is 5. The fourth-order valence-electron chi connectivity index (χ4n) is 1.59. The normalized spacial score (nSPS) is 10.6. The van der Waals surface area contributed by atoms with Crippen LogP contribution in [0.3, 0.4) is 0 Å². The van der Waals surface area contributed by atoms with Gasteiger partial charge >= 0.3 is 0 Å². The van der Waals surface area contributed by atoms with E-state index in [1.165, 1.54) is 18.2 Å². The first-order valence-corrected chi connectivity index (χ1v) is 6.55. The zero-order chi connectivity index (χ0) is 14.2. The summed E-state index contributed by atoms with van der Waals surface area (Å²) in [5.41, 5.74) is 0.575. The second-order valence-electron chi connectivity index (χ2n) is 3.69. The van der Waals surface area contributed by atoms with E-state index >= 15 is 0 Å². The van der Waals surface area contributed by atoms with Crippen LogP contribution in [0.5, 0.6) is 0 Å². The molecular weight excluding hydrogens is 333 g/mol. The molecule has 0 unspecified atom stereocenters. The number of benzene rings is 2. The minimum atomic E-state index is -0.619. The van der Waals surface area contributed by atoms with Gasteiger partial charge in [0.15, 0.2) is 6.29 Å². The first-order valence-electron chi connectivity index (χ1n) is 5.03. The van der Waals surface area contributed by atoms with E-state index in [-0.39, 0.29) is 31.2 Å². The minimum Gasteiger partial charge on any atom is -0.298 e. The maximum atomic E-state index is 14.0. The number of hydrogen-bond donors (Lipinski definition) is 0. The van der Waals surface area contributed by atoms with Crippen LogP contribution in [0.25, 0.3) is 11.1 Å². The average molecular weight is 338 g/mol. The van der Waals surface area contributed by atoms with E-state index < -0.39 is 5.82 Å². The molecular formula is C13H5Cl4FO. The molecule has 0 amide bonds. The summed E-state index contributed by atoms with van der Waals surface area (Å²) in [5.74, 6) is -0.619. The van der Waals surface area contributed by atoms with Gasteiger partial charge in [-0.15, -0.1) is 0 Å². The molecule has 0 atom stereocenters. The molecule has 0 radical (unpaired) electrons. The van der Waals surface area contributed by atoms with Crippen molar-refractivity contribution >= 4 is 52.7 Å². The molecule has 98 valence electrons. The Hall–Kier alpha value is -0.800. The predicted molar refractivity (Wildman–Crippen MR) is 77.3 cm³/mol. The van der Waals surface area contributed by atoms with Gasteiger partial charge < -0.3 is 0 Å². The molecule has 0 saturated carbocycles. The molecule has 0 spiro atoms. The van der Waals surface area contributed by atoms with E-state index in [4.69, 9.17) is 46.4 Å². The number of hydrogen-bond acceptors (Lipinski definition) is 1. The Morgan fingerprint density at radius 3 is 2.21 bits per heavy atom. The van der Waals surface area contributed by atoms with E-state index in [0.29, 0.717) is 11.8 Å². The Kier molecular flexibility index (Phi) is 4.36. The molecule has 19 heavy (non-hydrogen) atoms. The SMILES string of the molecule is O=Cc1cc(F)c(-c2ccc(Cl)c(Cl)c2Cl)cc1Cl. The number of aldehydes is 1. The Bertz CT molecular complexity index is 670. The van der Waals surface area contributed by atoms with Crippen molar-refractivity contribution < 1.29 is 9.18 Å². The minimum absolute atomic E-state index is 0.0686. The van der Waals surface area contributed by atoms with Gasteiger partial charge in [-0.3, -0.25) is 4.79 Å². The van der Waals surface area contributed by atoms with Crippen LogP contribution in [0.2, 0.25) is 20.1 Å². The lowest BCUT2D eigenvalue weighted by Crippen LogP contribution is -1.91. The van der Waals surface area contributed by atoms with Crippen molar-refractivity contribution in [2.75, 3.05) is 0 Å². The molecule has 0 heterocycles. The highest BCUT2D eigenvalue weighted by Gasteiger charge is 2.15. The second kappa shape index (κ2) is 5.68. The Labute approximate surface area is 128 Å². The summed E-state index contributed by atoms with van der Waals surface area (Å²) in [4.78, 5) is 10.7. The third-order valence-corrected chi connectivity index (χ3v) is 4.16. The number of carbonyl (C=O) groups excluding carboxylic acids is 1. The lowest BCUT2D eigenvalue weighted by molar-refractivity contribution is 0.112. The summed E-state index contributed by atoms with van der Waals surface area (Å²) in [6, 6.07) is 5.41. The molecule has 2 rings (SSSR count). The first kappa shape index (κ1) is 14.6. The highest BCUT2D eigenvalue weighted by molar-refractivity contribution is 6.49. The molecule has 0 aliphatic heterocycles. The molecule has 0 aliphatic rings. The molecule has 0 N–H and O–H groups in total. The lowest BCUT2D eigenvalue weighted by atomic mass is 10.0. The Balaban J connectivity index is 2.69. The summed E-state index contributed by atoms with van der Waals surface area (Å²) in [6.07, 6.45) is 0.478. The van der Waals surface area contributed by atoms with Crippen molar-refractivity contribution in [3.63, 3.8) is 0 Å². The van der Waals surface area contributed by atoms with Gasteiger partial charge in [0.05, 0.1) is 20.1 Å². The van der Waals surface area contributed by atoms with Gasteiger partial charge in [-0.1, -0.05) is 52.5 Å². The molecule has 2 aromatic carbocycles. The molecule has 0 aliphatic carbocycles. The summed E-state index contributed by atoms with van der Waals surface area (Å²) in [5, 5.41) is 0.666. The third kappa shape index (κ3) is 2.72. The zero-order valence-electron chi connectivity index (χ0n) is 9.18. The van der Waals surface area contributed by atoms with E-state index in [9.17, 15) is 9.18 Å². The monoisotopic (exact) mass is 336 g/mol. The topological polar surface area (TPSA) is 17.1 Å². The van der Waals surface area contributed by atoms with Gasteiger partial charge in [-0.25, -0.2) is 4.39 Å². The van der Waals surface area contributed by atoms with Gasteiger partial charge in [-0.2, -0.15) is 0 Å². The summed E-state index contributed by atoms with van der Waals surface area (Å²) >= 11 is 23.6. The van der Waals surface area contributed by atoms with Crippen molar-refractivity contribution in [3.8, 4) is 11.1 Å². The number of rotatable bonds is 2. The van der Waals surface area contributed by atoms with Crippen LogP contribution >= 0.6 is 46.4 Å². The van der Waals surface area contributed by atoms with Gasteiger partial charge in [-0.05, 0) is 18.2 Å². The van der Waals surface area contributed by atoms with Gasteiger partial charge in [0.2, 0.25) is 0 Å². The van der Waals surface area contributed by atoms with Gasteiger partial charge in [0.1, 0.15) is 5.82 Å². The maximum Gasteiger partial charge on any atom is 0.151 e. The maximum absolute atomic E-state index is 14.0. The molecule has 1 nitrogen and oxygen atoms in total. The lowest BCUT2D eigenvalue weighted by Gasteiger charge is -2.10. The molecule has 0 aromatic heterocycles. The third-order valence-electron chi connectivity index (χ3n) is 2.54. The number of carbonyl (C=O) groups is 1. The molecule has 0 bridgehead atoms. The van der Waals surface area contributed by atoms with Crippen molar-refractivity contribution in [1.29, 1.82) is 0 Å². The van der Waals surface area contributed by atoms with Crippen molar-refractivity contribution in [2.24, 2.45) is 0 Å². The van der Waals surface area contributed by atoms with Crippen LogP contribution in [-0.2, 0) is 0 Å². The quantitative estimate of drug-likeness (QED) is 0.491. The fourth-order valence-corrected chi connectivity index (χ4v) is 2.44. The van der Waals surface area contributed by atoms with Crippen molar-refractivity contribution in [3.05, 3.63) is 55.7 Å². The smallest absolute Gasteiger partial charge is 0.151 e. The van der Waals surface area contributed by atoms with E-state index in [0.717, 1.165) is 6.07 Å². The van der Waals surface area contributed by atoms with E-state index in [2.05, 4.69) is 0 Å². The second-order valence-corrected chi connectivity index (χ2v) is 5.26. The molecule has 6 heteroatoms. The van der Waals surface area contributed by atoms with Crippen LogP contribution in [0.4, 0.5) is 4.39 Å². The van der Waals surface area contributed by atoms with Crippen molar-refractivity contribution in [2.45, 2.75) is 0 Å². The predicted octanol–water partition coefficient (Wildman–Crippen LogP) is 5.92. The molecule has 0 fully saturated rings. The van der Waals surface area contributed by atoms with Crippen LogP contribution in [0.15, 0.2) is 24.3 Å². The standard InChI is InChI=1S/C13H5Cl4FO/c14-9-2-1-7(12(16)13(9)17)8-4-10(15)6(5-19)3-11(8)18/h1-5H. The summed E-state index contributed by atoms with van der Waals surface area (Å²) in [6.45, 7) is 0. The summed E-state index contributed by atoms with van der Waals surface area (Å²) < 4.78 is 14.0. The zero-order valence-corrected chi connectivity index (χ0v) is 12.2. The summed E-state index contributed by atoms with van der Waals surface area (Å²) in [7, 11) is 0. The molecule has 0 saturated heterocycles. The highest BCUT2D eigenvalue weighted by atomic mass is 35.5. The first-order chi connectivity index (χ1) is 8.95. The van der Waals surface area contributed by atoms with E-state index in [1.807, 2.05) is 0 Å². The van der Waals surface area contributed by atoms with Crippen LogP contribution < -0.4 is 0 Å². The van der Waals surface area contributed by atoms with Gasteiger partial charge in [0.25, 0.3) is 0 Å².